The summed E-state index contributed by atoms with van der Waals surface area (Å²) in [6.07, 6.45) is 2.46. The molecule has 2 aromatic carbocycles. The topological polar surface area (TPSA) is 107 Å². The molecular formula is C20H25N3O6S. The van der Waals surface area contributed by atoms with Gasteiger partial charge in [-0.2, -0.15) is 5.10 Å². The molecule has 10 heteroatoms. The Morgan fingerprint density at radius 2 is 1.77 bits per heavy atom. The highest BCUT2D eigenvalue weighted by atomic mass is 32.2. The third kappa shape index (κ3) is 6.38. The van der Waals surface area contributed by atoms with Gasteiger partial charge in [-0.1, -0.05) is 0 Å². The average molecular weight is 436 g/mol. The van der Waals surface area contributed by atoms with E-state index in [0.29, 0.717) is 12.4 Å². The number of hydrogen-bond donors (Lipinski definition) is 1. The van der Waals surface area contributed by atoms with Crippen LogP contribution in [0.3, 0.4) is 0 Å². The molecule has 2 aromatic rings. The molecule has 0 heterocycles. The van der Waals surface area contributed by atoms with Gasteiger partial charge in [-0.25, -0.2) is 13.8 Å². The molecule has 0 saturated heterocycles. The number of ether oxygens (including phenoxy) is 3. The number of benzene rings is 2. The Labute approximate surface area is 176 Å². The van der Waals surface area contributed by atoms with Crippen LogP contribution in [0.15, 0.2) is 47.6 Å². The third-order valence-electron chi connectivity index (χ3n) is 3.94. The highest BCUT2D eigenvalue weighted by Gasteiger charge is 2.24. The van der Waals surface area contributed by atoms with Crippen molar-refractivity contribution in [3.8, 4) is 17.2 Å². The minimum atomic E-state index is -3.77. The van der Waals surface area contributed by atoms with Crippen LogP contribution in [0.5, 0.6) is 17.2 Å². The van der Waals surface area contributed by atoms with Crippen LogP contribution in [-0.4, -0.2) is 54.2 Å². The van der Waals surface area contributed by atoms with Crippen molar-refractivity contribution in [2.45, 2.75) is 6.92 Å². The van der Waals surface area contributed by atoms with E-state index in [9.17, 15) is 13.2 Å². The van der Waals surface area contributed by atoms with Crippen molar-refractivity contribution in [3.63, 3.8) is 0 Å². The standard InChI is InChI=1S/C20H25N3O6S/c1-5-29-16-8-6-15(7-9-16)13-21-22-20(24)14-23(30(4,25)26)18-11-10-17(27-2)12-19(18)28-3/h6-13H,5,14H2,1-4H3,(H,22,24)/b21-13-. The van der Waals surface area contributed by atoms with Crippen LogP contribution in [0.1, 0.15) is 12.5 Å². The second-order valence-corrected chi connectivity index (χ2v) is 8.01. The molecule has 0 unspecified atom stereocenters. The van der Waals surface area contributed by atoms with E-state index < -0.39 is 22.5 Å². The van der Waals surface area contributed by atoms with Gasteiger partial charge in [0.05, 0.1) is 39.0 Å². The third-order valence-corrected chi connectivity index (χ3v) is 5.06. The van der Waals surface area contributed by atoms with E-state index in [1.165, 1.54) is 32.6 Å². The predicted molar refractivity (Wildman–Crippen MR) is 115 cm³/mol. The molecule has 30 heavy (non-hydrogen) atoms. The average Bonchev–Trinajstić information content (AvgIpc) is 2.72. The van der Waals surface area contributed by atoms with Gasteiger partial charge in [-0.15, -0.1) is 0 Å². The van der Waals surface area contributed by atoms with Crippen LogP contribution < -0.4 is 23.9 Å². The summed E-state index contributed by atoms with van der Waals surface area (Å²) in [5, 5.41) is 3.88. The number of carbonyl (C=O) groups is 1. The number of rotatable bonds is 10. The number of carbonyl (C=O) groups excluding carboxylic acids is 1. The number of nitrogens with zero attached hydrogens (tertiary/aromatic N) is 2. The lowest BCUT2D eigenvalue weighted by Gasteiger charge is -2.23. The van der Waals surface area contributed by atoms with E-state index in [-0.39, 0.29) is 11.4 Å². The highest BCUT2D eigenvalue weighted by Crippen LogP contribution is 2.33. The summed E-state index contributed by atoms with van der Waals surface area (Å²) < 4.78 is 41.2. The minimum Gasteiger partial charge on any atom is -0.497 e. The van der Waals surface area contributed by atoms with Gasteiger partial charge in [-0.3, -0.25) is 9.10 Å². The van der Waals surface area contributed by atoms with E-state index in [2.05, 4.69) is 10.5 Å². The van der Waals surface area contributed by atoms with E-state index in [1.807, 2.05) is 6.92 Å². The Hall–Kier alpha value is -3.27. The quantitative estimate of drug-likeness (QED) is 0.452. The number of anilines is 1. The first-order chi connectivity index (χ1) is 14.3. The minimum absolute atomic E-state index is 0.214. The van der Waals surface area contributed by atoms with Gasteiger partial charge in [0, 0.05) is 6.07 Å². The largest absolute Gasteiger partial charge is 0.497 e. The van der Waals surface area contributed by atoms with E-state index >= 15 is 0 Å². The fourth-order valence-corrected chi connectivity index (χ4v) is 3.39. The first-order valence-electron chi connectivity index (χ1n) is 9.03. The zero-order chi connectivity index (χ0) is 22.1. The molecule has 1 N–H and O–H groups in total. The smallest absolute Gasteiger partial charge is 0.260 e. The Bertz CT molecular complexity index is 990. The van der Waals surface area contributed by atoms with Crippen molar-refractivity contribution in [1.29, 1.82) is 0 Å². The molecular weight excluding hydrogens is 410 g/mol. The van der Waals surface area contributed by atoms with Gasteiger partial charge in [0.1, 0.15) is 23.8 Å². The normalized spacial score (nSPS) is 11.2. The molecule has 0 aliphatic rings. The Balaban J connectivity index is 2.11. The highest BCUT2D eigenvalue weighted by molar-refractivity contribution is 7.92. The lowest BCUT2D eigenvalue weighted by atomic mass is 10.2. The van der Waals surface area contributed by atoms with Gasteiger partial charge in [0.15, 0.2) is 0 Å². The summed E-state index contributed by atoms with van der Waals surface area (Å²) in [5.74, 6) is 0.871. The van der Waals surface area contributed by atoms with Crippen LogP contribution in [-0.2, 0) is 14.8 Å². The van der Waals surface area contributed by atoms with Crippen LogP contribution in [0.4, 0.5) is 5.69 Å². The Morgan fingerprint density at radius 3 is 2.33 bits per heavy atom. The van der Waals surface area contributed by atoms with Crippen LogP contribution in [0, 0.1) is 0 Å². The maximum absolute atomic E-state index is 12.3. The molecule has 0 spiro atoms. The Morgan fingerprint density at radius 1 is 1.10 bits per heavy atom. The van der Waals surface area contributed by atoms with Crippen molar-refractivity contribution in [2.75, 3.05) is 37.9 Å². The maximum atomic E-state index is 12.3. The summed E-state index contributed by atoms with van der Waals surface area (Å²) in [7, 11) is -0.879. The predicted octanol–water partition coefficient (Wildman–Crippen LogP) is 2.02. The zero-order valence-electron chi connectivity index (χ0n) is 17.3. The number of nitrogens with one attached hydrogen (secondary N) is 1. The monoisotopic (exact) mass is 435 g/mol. The van der Waals surface area contributed by atoms with Gasteiger partial charge >= 0.3 is 0 Å². The summed E-state index contributed by atoms with van der Waals surface area (Å²) >= 11 is 0. The van der Waals surface area contributed by atoms with Crippen LogP contribution in [0.25, 0.3) is 0 Å². The molecule has 0 radical (unpaired) electrons. The van der Waals surface area contributed by atoms with E-state index in [4.69, 9.17) is 14.2 Å². The number of hydrazone groups is 1. The lowest BCUT2D eigenvalue weighted by molar-refractivity contribution is -0.119. The van der Waals surface area contributed by atoms with Crippen LogP contribution >= 0.6 is 0 Å². The number of hydrogen-bond acceptors (Lipinski definition) is 7. The Kier molecular flexibility index (Phi) is 8.05. The van der Waals surface area contributed by atoms with Gasteiger partial charge < -0.3 is 14.2 Å². The molecule has 0 aliphatic heterocycles. The molecule has 1 amide bonds. The van der Waals surface area contributed by atoms with Crippen molar-refractivity contribution in [2.24, 2.45) is 5.10 Å². The lowest BCUT2D eigenvalue weighted by Crippen LogP contribution is -2.39. The number of sulfonamides is 1. The first-order valence-corrected chi connectivity index (χ1v) is 10.9. The molecule has 0 bridgehead atoms. The van der Waals surface area contributed by atoms with Gasteiger partial charge in [-0.05, 0) is 48.9 Å². The molecule has 0 atom stereocenters. The maximum Gasteiger partial charge on any atom is 0.260 e. The SMILES string of the molecule is CCOc1ccc(/C=N\NC(=O)CN(c2ccc(OC)cc2OC)S(C)(=O)=O)cc1. The summed E-state index contributed by atoms with van der Waals surface area (Å²) in [5.41, 5.74) is 3.29. The number of methoxy groups -OCH3 is 2. The van der Waals surface area contributed by atoms with Crippen molar-refractivity contribution < 1.29 is 27.4 Å². The van der Waals surface area contributed by atoms with Gasteiger partial charge in [0.25, 0.3) is 5.91 Å². The number of amides is 1. The molecule has 162 valence electrons. The molecule has 0 fully saturated rings. The summed E-state index contributed by atoms with van der Waals surface area (Å²) in [6, 6.07) is 11.8. The van der Waals surface area contributed by atoms with Crippen LogP contribution in [0.2, 0.25) is 0 Å². The van der Waals surface area contributed by atoms with E-state index in [0.717, 1.165) is 21.9 Å². The van der Waals surface area contributed by atoms with Crippen molar-refractivity contribution in [1.82, 2.24) is 5.43 Å². The van der Waals surface area contributed by atoms with E-state index in [1.54, 1.807) is 30.3 Å². The van der Waals surface area contributed by atoms with Crippen molar-refractivity contribution >= 4 is 27.8 Å². The van der Waals surface area contributed by atoms with Gasteiger partial charge in [0.2, 0.25) is 10.0 Å². The fourth-order valence-electron chi connectivity index (χ4n) is 2.53. The second kappa shape index (κ2) is 10.5. The molecule has 0 saturated carbocycles. The molecule has 2 rings (SSSR count). The summed E-state index contributed by atoms with van der Waals surface area (Å²) in [4.78, 5) is 12.3. The van der Waals surface area contributed by atoms with Crippen molar-refractivity contribution in [3.05, 3.63) is 48.0 Å². The molecule has 0 aliphatic carbocycles. The fraction of sp³-hybridized carbons (Fsp3) is 0.300. The molecule has 0 aromatic heterocycles. The second-order valence-electron chi connectivity index (χ2n) is 6.10. The molecule has 9 nitrogen and oxygen atoms in total. The zero-order valence-corrected chi connectivity index (χ0v) is 18.1. The first kappa shape index (κ1) is 23.0. The summed E-state index contributed by atoms with van der Waals surface area (Å²) in [6.45, 7) is 1.99.